The first-order valence-corrected chi connectivity index (χ1v) is 7.73. The fraction of sp³-hybridized carbons (Fsp3) is 0. The minimum Gasteiger partial charge on any atom is -0.423 e. The molecule has 5 heteroatoms. The van der Waals surface area contributed by atoms with Gasteiger partial charge in [-0.2, -0.15) is 0 Å². The molecule has 0 radical (unpaired) electrons. The second-order valence-corrected chi connectivity index (χ2v) is 5.59. The Morgan fingerprint density at radius 2 is 1.42 bits per heavy atom. The van der Waals surface area contributed by atoms with Crippen molar-refractivity contribution in [1.29, 1.82) is 0 Å². The molecular formula is C19H15BN2O2. The number of benzene rings is 3. The summed E-state index contributed by atoms with van der Waals surface area (Å²) >= 11 is 0. The van der Waals surface area contributed by atoms with E-state index in [1.54, 1.807) is 12.1 Å². The lowest BCUT2D eigenvalue weighted by Gasteiger charge is -2.10. The molecule has 0 atom stereocenters. The van der Waals surface area contributed by atoms with Gasteiger partial charge in [0.2, 0.25) is 0 Å². The summed E-state index contributed by atoms with van der Waals surface area (Å²) in [6, 6.07) is 25.2. The largest absolute Gasteiger partial charge is 0.488 e. The van der Waals surface area contributed by atoms with E-state index in [4.69, 9.17) is 4.98 Å². The van der Waals surface area contributed by atoms with E-state index >= 15 is 0 Å². The lowest BCUT2D eigenvalue weighted by molar-refractivity contribution is 0.426. The molecule has 0 aliphatic carbocycles. The molecule has 0 aliphatic heterocycles. The summed E-state index contributed by atoms with van der Waals surface area (Å²) in [6.45, 7) is 0. The summed E-state index contributed by atoms with van der Waals surface area (Å²) in [5.74, 6) is 0.856. The van der Waals surface area contributed by atoms with E-state index in [9.17, 15) is 10.0 Å². The maximum absolute atomic E-state index is 9.29. The predicted molar refractivity (Wildman–Crippen MR) is 96.3 cm³/mol. The number of hydrogen-bond acceptors (Lipinski definition) is 3. The molecule has 0 fully saturated rings. The van der Waals surface area contributed by atoms with Crippen molar-refractivity contribution in [3.63, 3.8) is 0 Å². The normalized spacial score (nSPS) is 10.9. The van der Waals surface area contributed by atoms with Gasteiger partial charge in [0, 0.05) is 11.3 Å². The van der Waals surface area contributed by atoms with E-state index in [0.29, 0.717) is 5.46 Å². The van der Waals surface area contributed by atoms with Crippen LogP contribution in [-0.2, 0) is 0 Å². The Morgan fingerprint density at radius 1 is 0.750 bits per heavy atom. The highest BCUT2D eigenvalue weighted by Crippen LogP contribution is 2.28. The zero-order valence-corrected chi connectivity index (χ0v) is 12.9. The summed E-state index contributed by atoms with van der Waals surface area (Å²) in [6.07, 6.45) is 0. The first kappa shape index (κ1) is 14.7. The molecule has 3 aromatic carbocycles. The van der Waals surface area contributed by atoms with Crippen molar-refractivity contribution in [1.82, 2.24) is 9.55 Å². The fourth-order valence-corrected chi connectivity index (χ4v) is 2.86. The van der Waals surface area contributed by atoms with Crippen LogP contribution in [0.4, 0.5) is 0 Å². The standard InChI is InChI=1S/C19H15BN2O2/c23-20(24)15-10-12-16(13-11-15)22-18-9-5-4-8-17(18)21-19(22)14-6-2-1-3-7-14/h1-13,23-24H. The quantitative estimate of drug-likeness (QED) is 0.571. The van der Waals surface area contributed by atoms with Gasteiger partial charge in [0.15, 0.2) is 0 Å². The Bertz CT molecular complexity index is 979. The average molecular weight is 314 g/mol. The first-order chi connectivity index (χ1) is 11.7. The fourth-order valence-electron chi connectivity index (χ4n) is 2.86. The van der Waals surface area contributed by atoms with Gasteiger partial charge in [0.1, 0.15) is 5.82 Å². The van der Waals surface area contributed by atoms with Crippen LogP contribution in [0, 0.1) is 0 Å². The monoisotopic (exact) mass is 314 g/mol. The number of aromatic nitrogens is 2. The third kappa shape index (κ3) is 2.50. The summed E-state index contributed by atoms with van der Waals surface area (Å²) in [4.78, 5) is 4.78. The highest BCUT2D eigenvalue weighted by atomic mass is 16.4. The number of imidazole rings is 1. The molecule has 0 aliphatic rings. The molecule has 116 valence electrons. The summed E-state index contributed by atoms with van der Waals surface area (Å²) in [7, 11) is -1.47. The third-order valence-electron chi connectivity index (χ3n) is 4.04. The van der Waals surface area contributed by atoms with Crippen LogP contribution >= 0.6 is 0 Å². The molecule has 2 N–H and O–H groups in total. The van der Waals surface area contributed by atoms with Gasteiger partial charge in [-0.1, -0.05) is 54.6 Å². The Hall–Kier alpha value is -2.89. The van der Waals surface area contributed by atoms with Crippen LogP contribution in [0.3, 0.4) is 0 Å². The molecule has 4 rings (SSSR count). The van der Waals surface area contributed by atoms with Crippen LogP contribution in [0.5, 0.6) is 0 Å². The molecule has 0 bridgehead atoms. The van der Waals surface area contributed by atoms with Gasteiger partial charge in [-0.25, -0.2) is 4.98 Å². The van der Waals surface area contributed by atoms with E-state index in [2.05, 4.69) is 4.57 Å². The highest BCUT2D eigenvalue weighted by Gasteiger charge is 2.15. The number of hydrogen-bond donors (Lipinski definition) is 2. The number of para-hydroxylation sites is 2. The Morgan fingerprint density at radius 3 is 2.12 bits per heavy atom. The van der Waals surface area contributed by atoms with E-state index in [1.807, 2.05) is 66.7 Å². The lowest BCUT2D eigenvalue weighted by atomic mass is 9.80. The molecule has 1 heterocycles. The summed E-state index contributed by atoms with van der Waals surface area (Å²) in [5, 5.41) is 18.6. The summed E-state index contributed by atoms with van der Waals surface area (Å²) < 4.78 is 2.08. The van der Waals surface area contributed by atoms with Gasteiger partial charge in [0.25, 0.3) is 0 Å². The molecule has 24 heavy (non-hydrogen) atoms. The number of rotatable bonds is 3. The minimum atomic E-state index is -1.47. The third-order valence-corrected chi connectivity index (χ3v) is 4.04. The van der Waals surface area contributed by atoms with Crippen LogP contribution in [-0.4, -0.2) is 26.7 Å². The van der Waals surface area contributed by atoms with Crippen molar-refractivity contribution in [3.05, 3.63) is 78.9 Å². The van der Waals surface area contributed by atoms with Crippen LogP contribution in [0.15, 0.2) is 78.9 Å². The van der Waals surface area contributed by atoms with E-state index in [-0.39, 0.29) is 0 Å². The van der Waals surface area contributed by atoms with Crippen molar-refractivity contribution in [2.75, 3.05) is 0 Å². The maximum atomic E-state index is 9.29. The number of fused-ring (bicyclic) bond motifs is 1. The van der Waals surface area contributed by atoms with Crippen molar-refractivity contribution in [2.45, 2.75) is 0 Å². The summed E-state index contributed by atoms with van der Waals surface area (Å²) in [5.41, 5.74) is 4.34. The SMILES string of the molecule is OB(O)c1ccc(-n2c(-c3ccccc3)nc3ccccc32)cc1. The smallest absolute Gasteiger partial charge is 0.423 e. The average Bonchev–Trinajstić information content (AvgIpc) is 3.02. The molecule has 0 amide bonds. The zero-order valence-electron chi connectivity index (χ0n) is 12.9. The van der Waals surface area contributed by atoms with Crippen molar-refractivity contribution < 1.29 is 10.0 Å². The van der Waals surface area contributed by atoms with Crippen molar-refractivity contribution in [3.8, 4) is 17.1 Å². The second-order valence-electron chi connectivity index (χ2n) is 5.59. The molecule has 4 aromatic rings. The molecule has 0 spiro atoms. The Labute approximate surface area is 139 Å². The van der Waals surface area contributed by atoms with E-state index < -0.39 is 7.12 Å². The van der Waals surface area contributed by atoms with Crippen molar-refractivity contribution in [2.24, 2.45) is 0 Å². The van der Waals surface area contributed by atoms with Crippen LogP contribution in [0.2, 0.25) is 0 Å². The Kier molecular flexibility index (Phi) is 3.65. The molecule has 0 saturated carbocycles. The highest BCUT2D eigenvalue weighted by molar-refractivity contribution is 6.58. The second kappa shape index (κ2) is 5.96. The van der Waals surface area contributed by atoms with Gasteiger partial charge >= 0.3 is 7.12 Å². The molecule has 0 saturated heterocycles. The molecule has 1 aromatic heterocycles. The van der Waals surface area contributed by atoms with Gasteiger partial charge in [-0.05, 0) is 29.7 Å². The topological polar surface area (TPSA) is 58.3 Å². The predicted octanol–water partition coefficient (Wildman–Crippen LogP) is 2.37. The Balaban J connectivity index is 1.96. The minimum absolute atomic E-state index is 0.462. The number of nitrogens with zero attached hydrogens (tertiary/aromatic N) is 2. The van der Waals surface area contributed by atoms with Crippen LogP contribution in [0.25, 0.3) is 28.1 Å². The molecule has 4 nitrogen and oxygen atoms in total. The van der Waals surface area contributed by atoms with Gasteiger partial charge in [-0.3, -0.25) is 4.57 Å². The molecule has 0 unspecified atom stereocenters. The van der Waals surface area contributed by atoms with Crippen molar-refractivity contribution >= 4 is 23.6 Å². The van der Waals surface area contributed by atoms with E-state index in [1.165, 1.54) is 0 Å². The van der Waals surface area contributed by atoms with Crippen LogP contribution in [0.1, 0.15) is 0 Å². The maximum Gasteiger partial charge on any atom is 0.488 e. The van der Waals surface area contributed by atoms with E-state index in [0.717, 1.165) is 28.1 Å². The van der Waals surface area contributed by atoms with Crippen LogP contribution < -0.4 is 5.46 Å². The first-order valence-electron chi connectivity index (χ1n) is 7.73. The molecular weight excluding hydrogens is 299 g/mol. The van der Waals surface area contributed by atoms with Gasteiger partial charge in [0.05, 0.1) is 11.0 Å². The zero-order chi connectivity index (χ0) is 16.5. The van der Waals surface area contributed by atoms with Gasteiger partial charge < -0.3 is 10.0 Å². The lowest BCUT2D eigenvalue weighted by Crippen LogP contribution is -2.29. The van der Waals surface area contributed by atoms with Gasteiger partial charge in [-0.15, -0.1) is 0 Å².